The van der Waals surface area contributed by atoms with E-state index in [2.05, 4.69) is 4.98 Å². The number of carboxylic acid groups (broad SMARTS) is 1. The zero-order valence-corrected chi connectivity index (χ0v) is 11.4. The Morgan fingerprint density at radius 2 is 1.75 bits per heavy atom. The zero-order chi connectivity index (χ0) is 14.5. The molecule has 0 aliphatic heterocycles. The number of aliphatic carboxylic acids is 1. The smallest absolute Gasteiger partial charge is 0.481 e. The molecule has 0 radical (unpaired) electrons. The van der Waals surface area contributed by atoms with Crippen molar-refractivity contribution in [2.75, 3.05) is 0 Å². The molecule has 0 aliphatic rings. The molecule has 2 N–H and O–H groups in total. The normalized spacial score (nSPS) is 14.3. The van der Waals surface area contributed by atoms with Crippen LogP contribution in [0.1, 0.15) is 22.7 Å². The SMILES string of the molecule is O=C(O)C(c1ccccc1)C(c1cccnc1)[P+](=O)O. The minimum atomic E-state index is -2.71. The monoisotopic (exact) mass is 290 g/mol. The van der Waals surface area contributed by atoms with Crippen LogP contribution in [0.25, 0.3) is 0 Å². The molecule has 5 nitrogen and oxygen atoms in total. The maximum Gasteiger partial charge on any atom is 0.514 e. The van der Waals surface area contributed by atoms with Crippen LogP contribution in [0.4, 0.5) is 0 Å². The van der Waals surface area contributed by atoms with Gasteiger partial charge in [0.2, 0.25) is 5.66 Å². The van der Waals surface area contributed by atoms with Gasteiger partial charge >= 0.3 is 14.0 Å². The second kappa shape index (κ2) is 6.37. The summed E-state index contributed by atoms with van der Waals surface area (Å²) >= 11 is 0. The second-order valence-corrected chi connectivity index (χ2v) is 5.42. The van der Waals surface area contributed by atoms with Crippen molar-refractivity contribution >= 4 is 14.0 Å². The molecular weight excluding hydrogens is 277 g/mol. The first-order chi connectivity index (χ1) is 9.61. The Bertz CT molecular complexity index is 548. The number of pyridine rings is 1. The molecule has 102 valence electrons. The lowest BCUT2D eigenvalue weighted by Gasteiger charge is -2.15. The van der Waals surface area contributed by atoms with Crippen LogP contribution >= 0.6 is 8.03 Å². The van der Waals surface area contributed by atoms with E-state index < -0.39 is 25.6 Å². The maximum absolute atomic E-state index is 11.7. The van der Waals surface area contributed by atoms with Gasteiger partial charge in [0.05, 0.1) is 0 Å². The lowest BCUT2D eigenvalue weighted by molar-refractivity contribution is -0.138. The summed E-state index contributed by atoms with van der Waals surface area (Å²) in [7, 11) is -2.71. The molecule has 3 atom stereocenters. The summed E-state index contributed by atoms with van der Waals surface area (Å²) in [6, 6.07) is 11.7. The molecule has 2 aromatic rings. The van der Waals surface area contributed by atoms with Gasteiger partial charge in [0.1, 0.15) is 5.92 Å². The highest BCUT2D eigenvalue weighted by atomic mass is 31.1. The van der Waals surface area contributed by atoms with E-state index in [0.29, 0.717) is 11.1 Å². The number of benzene rings is 1. The van der Waals surface area contributed by atoms with Gasteiger partial charge in [-0.1, -0.05) is 36.4 Å². The number of hydrogen-bond donors (Lipinski definition) is 2. The van der Waals surface area contributed by atoms with E-state index in [1.165, 1.54) is 12.4 Å². The van der Waals surface area contributed by atoms with Crippen LogP contribution in [0.2, 0.25) is 0 Å². The van der Waals surface area contributed by atoms with Crippen LogP contribution in [-0.4, -0.2) is 21.0 Å². The molecule has 3 unspecified atom stereocenters. The van der Waals surface area contributed by atoms with Gasteiger partial charge in [0.15, 0.2) is 0 Å². The fourth-order valence-corrected chi connectivity index (χ4v) is 3.08. The van der Waals surface area contributed by atoms with E-state index in [1.807, 2.05) is 0 Å². The van der Waals surface area contributed by atoms with Crippen molar-refractivity contribution in [2.24, 2.45) is 0 Å². The lowest BCUT2D eigenvalue weighted by atomic mass is 9.92. The predicted molar refractivity (Wildman–Crippen MR) is 73.6 cm³/mol. The molecule has 0 aliphatic carbocycles. The minimum absolute atomic E-state index is 0.437. The average Bonchev–Trinajstić information content (AvgIpc) is 2.45. The molecule has 1 aromatic carbocycles. The van der Waals surface area contributed by atoms with Gasteiger partial charge in [-0.05, 0) is 16.2 Å². The highest BCUT2D eigenvalue weighted by molar-refractivity contribution is 7.38. The summed E-state index contributed by atoms with van der Waals surface area (Å²) in [5, 5.41) is 9.45. The van der Waals surface area contributed by atoms with Crippen molar-refractivity contribution < 1.29 is 19.4 Å². The number of aromatic nitrogens is 1. The third-order valence-electron chi connectivity index (χ3n) is 3.00. The van der Waals surface area contributed by atoms with Crippen LogP contribution in [0.5, 0.6) is 0 Å². The van der Waals surface area contributed by atoms with Gasteiger partial charge < -0.3 is 5.11 Å². The van der Waals surface area contributed by atoms with Gasteiger partial charge in [-0.2, -0.15) is 4.89 Å². The van der Waals surface area contributed by atoms with E-state index in [-0.39, 0.29) is 0 Å². The predicted octanol–water partition coefficient (Wildman–Crippen LogP) is 2.73. The minimum Gasteiger partial charge on any atom is -0.481 e. The molecule has 2 rings (SSSR count). The molecule has 1 aromatic heterocycles. The molecule has 0 amide bonds. The lowest BCUT2D eigenvalue weighted by Crippen LogP contribution is -2.18. The van der Waals surface area contributed by atoms with Crippen LogP contribution in [-0.2, 0) is 9.36 Å². The molecule has 0 saturated heterocycles. The van der Waals surface area contributed by atoms with Gasteiger partial charge in [-0.25, -0.2) is 0 Å². The summed E-state index contributed by atoms with van der Waals surface area (Å²) in [5.74, 6) is -2.23. The molecule has 0 fully saturated rings. The molecule has 0 bridgehead atoms. The Morgan fingerprint density at radius 1 is 1.10 bits per heavy atom. The van der Waals surface area contributed by atoms with Gasteiger partial charge in [0.25, 0.3) is 0 Å². The van der Waals surface area contributed by atoms with Gasteiger partial charge in [-0.3, -0.25) is 9.78 Å². The van der Waals surface area contributed by atoms with E-state index in [0.717, 1.165) is 0 Å². The first kappa shape index (κ1) is 14.3. The molecule has 1 heterocycles. The third-order valence-corrected chi connectivity index (χ3v) is 4.08. The fourth-order valence-electron chi connectivity index (χ4n) is 2.12. The summed E-state index contributed by atoms with van der Waals surface area (Å²) in [5.41, 5.74) is -0.0998. The van der Waals surface area contributed by atoms with Crippen LogP contribution in [0.15, 0.2) is 54.9 Å². The Kier molecular flexibility index (Phi) is 4.56. The van der Waals surface area contributed by atoms with Gasteiger partial charge in [-0.15, -0.1) is 0 Å². The van der Waals surface area contributed by atoms with Crippen LogP contribution in [0, 0.1) is 0 Å². The summed E-state index contributed by atoms with van der Waals surface area (Å²) < 4.78 is 11.7. The number of nitrogens with zero attached hydrogens (tertiary/aromatic N) is 1. The summed E-state index contributed by atoms with van der Waals surface area (Å²) in [4.78, 5) is 25.0. The molecule has 0 spiro atoms. The number of carbonyl (C=O) groups is 1. The molecule has 6 heteroatoms. The van der Waals surface area contributed by atoms with Crippen molar-refractivity contribution in [1.29, 1.82) is 0 Å². The highest BCUT2D eigenvalue weighted by Gasteiger charge is 2.44. The first-order valence-electron chi connectivity index (χ1n) is 5.94. The van der Waals surface area contributed by atoms with E-state index in [4.69, 9.17) is 0 Å². The van der Waals surface area contributed by atoms with E-state index in [9.17, 15) is 19.4 Å². The number of rotatable bonds is 5. The zero-order valence-electron chi connectivity index (χ0n) is 10.5. The standard InChI is InChI=1S/C14H12NO4P/c16-14(17)12(10-5-2-1-3-6-10)13(20(18)19)11-7-4-8-15-9-11/h1-9,12-13H,(H-,16,17,18,19)/p+1. The van der Waals surface area contributed by atoms with Crippen molar-refractivity contribution in [1.82, 2.24) is 4.98 Å². The topological polar surface area (TPSA) is 87.5 Å². The number of hydrogen-bond acceptors (Lipinski definition) is 3. The van der Waals surface area contributed by atoms with E-state index in [1.54, 1.807) is 42.5 Å². The molecular formula is C14H13NO4P+. The van der Waals surface area contributed by atoms with Crippen molar-refractivity contribution in [2.45, 2.75) is 11.6 Å². The summed E-state index contributed by atoms with van der Waals surface area (Å²) in [6.07, 6.45) is 2.95. The Labute approximate surface area is 116 Å². The molecule has 0 saturated carbocycles. The summed E-state index contributed by atoms with van der Waals surface area (Å²) in [6.45, 7) is 0. The first-order valence-corrected chi connectivity index (χ1v) is 7.22. The van der Waals surface area contributed by atoms with E-state index >= 15 is 0 Å². The highest BCUT2D eigenvalue weighted by Crippen LogP contribution is 2.47. The van der Waals surface area contributed by atoms with Gasteiger partial charge in [0, 0.05) is 18.0 Å². The van der Waals surface area contributed by atoms with Crippen molar-refractivity contribution in [3.8, 4) is 0 Å². The quantitative estimate of drug-likeness (QED) is 0.827. The fraction of sp³-hybridized carbons (Fsp3) is 0.143. The Balaban J connectivity index is 2.50. The van der Waals surface area contributed by atoms with Crippen molar-refractivity contribution in [3.63, 3.8) is 0 Å². The van der Waals surface area contributed by atoms with Crippen molar-refractivity contribution in [3.05, 3.63) is 66.0 Å². The Morgan fingerprint density at radius 3 is 2.25 bits per heavy atom. The largest absolute Gasteiger partial charge is 0.514 e. The number of carboxylic acids is 1. The van der Waals surface area contributed by atoms with Crippen LogP contribution < -0.4 is 0 Å². The van der Waals surface area contributed by atoms with Crippen LogP contribution in [0.3, 0.4) is 0 Å². The third kappa shape index (κ3) is 3.07. The second-order valence-electron chi connectivity index (χ2n) is 4.26. The maximum atomic E-state index is 11.7. The Hall–Kier alpha value is -2.10. The average molecular weight is 290 g/mol. The molecule has 20 heavy (non-hydrogen) atoms.